The number of hydrogen-bond acceptors (Lipinski definition) is 3. The fraction of sp³-hybridized carbons (Fsp3) is 0.429. The Morgan fingerprint density at radius 1 is 1.37 bits per heavy atom. The molecule has 0 aliphatic rings. The van der Waals surface area contributed by atoms with Gasteiger partial charge in [-0.05, 0) is 38.0 Å². The van der Waals surface area contributed by atoms with Crippen molar-refractivity contribution < 1.29 is 4.39 Å². The Kier molecular flexibility index (Phi) is 4.27. The number of nitrogens with one attached hydrogen (secondary N) is 1. The summed E-state index contributed by atoms with van der Waals surface area (Å²) in [6.45, 7) is 4.13. The third-order valence-corrected chi connectivity index (χ3v) is 3.10. The highest BCUT2D eigenvalue weighted by Crippen LogP contribution is 2.11. The maximum Gasteiger partial charge on any atom is 0.149 e. The first-order valence-electron chi connectivity index (χ1n) is 6.40. The largest absolute Gasteiger partial charge is 0.319 e. The van der Waals surface area contributed by atoms with Gasteiger partial charge >= 0.3 is 0 Å². The molecule has 0 aliphatic heterocycles. The zero-order valence-electron chi connectivity index (χ0n) is 11.5. The van der Waals surface area contributed by atoms with Crippen LogP contribution in [0.3, 0.4) is 0 Å². The Labute approximate surface area is 112 Å². The molecule has 2 unspecified atom stereocenters. The lowest BCUT2D eigenvalue weighted by Gasteiger charge is -2.19. The predicted octanol–water partition coefficient (Wildman–Crippen LogP) is 2.24. The molecular weight excluding hydrogens is 243 g/mol. The molecule has 4 nitrogen and oxygen atoms in total. The molecule has 0 radical (unpaired) electrons. The molecule has 1 N–H and O–H groups in total. The van der Waals surface area contributed by atoms with Gasteiger partial charge < -0.3 is 9.88 Å². The van der Waals surface area contributed by atoms with Gasteiger partial charge in [0.2, 0.25) is 0 Å². The van der Waals surface area contributed by atoms with Crippen molar-refractivity contribution in [2.45, 2.75) is 32.4 Å². The van der Waals surface area contributed by atoms with Crippen LogP contribution in [0.15, 0.2) is 30.6 Å². The van der Waals surface area contributed by atoms with E-state index in [-0.39, 0.29) is 17.9 Å². The van der Waals surface area contributed by atoms with Crippen LogP contribution < -0.4 is 5.32 Å². The number of aromatic nitrogens is 3. The third kappa shape index (κ3) is 3.61. The van der Waals surface area contributed by atoms with Gasteiger partial charge in [0.1, 0.15) is 18.0 Å². The van der Waals surface area contributed by atoms with E-state index in [9.17, 15) is 4.39 Å². The van der Waals surface area contributed by atoms with Gasteiger partial charge in [-0.15, -0.1) is 10.2 Å². The Bertz CT molecular complexity index is 538. The number of benzene rings is 1. The first-order chi connectivity index (χ1) is 9.06. The Morgan fingerprint density at radius 3 is 2.79 bits per heavy atom. The number of hydrogen-bond donors (Lipinski definition) is 1. The quantitative estimate of drug-likeness (QED) is 0.898. The van der Waals surface area contributed by atoms with Crippen LogP contribution >= 0.6 is 0 Å². The zero-order valence-corrected chi connectivity index (χ0v) is 11.5. The van der Waals surface area contributed by atoms with Gasteiger partial charge in [0.05, 0.1) is 6.04 Å². The molecule has 1 heterocycles. The lowest BCUT2D eigenvalue weighted by atomic mass is 10.1. The monoisotopic (exact) mass is 262 g/mol. The Hall–Kier alpha value is -1.75. The van der Waals surface area contributed by atoms with Gasteiger partial charge in [0.15, 0.2) is 0 Å². The maximum atomic E-state index is 13.1. The molecule has 0 saturated carbocycles. The van der Waals surface area contributed by atoms with Crippen molar-refractivity contribution >= 4 is 0 Å². The normalized spacial score (nSPS) is 14.3. The molecular formula is C14H19FN4. The molecule has 0 saturated heterocycles. The van der Waals surface area contributed by atoms with E-state index in [4.69, 9.17) is 0 Å². The molecule has 0 aliphatic carbocycles. The van der Waals surface area contributed by atoms with Crippen LogP contribution in [-0.4, -0.2) is 20.8 Å². The molecule has 0 amide bonds. The molecule has 0 bridgehead atoms. The summed E-state index contributed by atoms with van der Waals surface area (Å²) in [6.07, 6.45) is 2.46. The number of rotatable bonds is 5. The molecule has 5 heteroatoms. The lowest BCUT2D eigenvalue weighted by molar-refractivity contribution is 0.452. The Balaban J connectivity index is 1.94. The minimum atomic E-state index is -0.189. The van der Waals surface area contributed by atoms with Gasteiger partial charge in [-0.2, -0.15) is 0 Å². The lowest BCUT2D eigenvalue weighted by Crippen LogP contribution is -2.32. The van der Waals surface area contributed by atoms with Gasteiger partial charge in [-0.3, -0.25) is 0 Å². The molecule has 1 aromatic heterocycles. The highest BCUT2D eigenvalue weighted by atomic mass is 19.1. The van der Waals surface area contributed by atoms with Crippen molar-refractivity contribution in [3.05, 3.63) is 47.8 Å². The summed E-state index contributed by atoms with van der Waals surface area (Å²) >= 11 is 0. The number of aryl methyl sites for hydroxylation is 1. The summed E-state index contributed by atoms with van der Waals surface area (Å²) in [7, 11) is 1.92. The molecule has 2 rings (SSSR count). The van der Waals surface area contributed by atoms with Gasteiger partial charge in [0, 0.05) is 13.1 Å². The fourth-order valence-corrected chi connectivity index (χ4v) is 2.26. The van der Waals surface area contributed by atoms with Crippen LogP contribution in [-0.2, 0) is 13.5 Å². The first-order valence-corrected chi connectivity index (χ1v) is 6.40. The summed E-state index contributed by atoms with van der Waals surface area (Å²) in [4.78, 5) is 0. The van der Waals surface area contributed by atoms with Crippen molar-refractivity contribution in [2.24, 2.45) is 7.05 Å². The second kappa shape index (κ2) is 5.93. The van der Waals surface area contributed by atoms with E-state index in [1.165, 1.54) is 6.07 Å². The van der Waals surface area contributed by atoms with E-state index in [0.717, 1.165) is 17.8 Å². The van der Waals surface area contributed by atoms with E-state index in [1.54, 1.807) is 18.5 Å². The average molecular weight is 262 g/mol. The fourth-order valence-electron chi connectivity index (χ4n) is 2.26. The molecule has 2 aromatic rings. The maximum absolute atomic E-state index is 13.1. The third-order valence-electron chi connectivity index (χ3n) is 3.10. The van der Waals surface area contributed by atoms with Gasteiger partial charge in [0.25, 0.3) is 0 Å². The summed E-state index contributed by atoms with van der Waals surface area (Å²) in [5.41, 5.74) is 0.991. The Morgan fingerprint density at radius 2 is 2.16 bits per heavy atom. The minimum absolute atomic E-state index is 0.107. The standard InChI is InChI=1S/C14H19FN4/c1-10(7-12-5-4-6-13(15)8-12)17-11(2)14-18-16-9-19(14)3/h4-6,8-11,17H,7H2,1-3H3. The SMILES string of the molecule is CC(Cc1cccc(F)c1)NC(C)c1nncn1C. The van der Waals surface area contributed by atoms with Crippen molar-refractivity contribution in [1.82, 2.24) is 20.1 Å². The van der Waals surface area contributed by atoms with Crippen LogP contribution in [0, 0.1) is 5.82 Å². The highest BCUT2D eigenvalue weighted by molar-refractivity contribution is 5.17. The van der Waals surface area contributed by atoms with E-state index in [1.807, 2.05) is 24.6 Å². The van der Waals surface area contributed by atoms with Crippen LogP contribution in [0.4, 0.5) is 4.39 Å². The van der Waals surface area contributed by atoms with Gasteiger partial charge in [-0.25, -0.2) is 4.39 Å². The molecule has 0 fully saturated rings. The smallest absolute Gasteiger partial charge is 0.149 e. The summed E-state index contributed by atoms with van der Waals surface area (Å²) < 4.78 is 15.0. The first kappa shape index (κ1) is 13.7. The van der Waals surface area contributed by atoms with E-state index in [2.05, 4.69) is 22.4 Å². The topological polar surface area (TPSA) is 42.7 Å². The van der Waals surface area contributed by atoms with Crippen molar-refractivity contribution in [3.8, 4) is 0 Å². The van der Waals surface area contributed by atoms with Crippen LogP contribution in [0.25, 0.3) is 0 Å². The van der Waals surface area contributed by atoms with Gasteiger partial charge in [-0.1, -0.05) is 12.1 Å². The predicted molar refractivity (Wildman–Crippen MR) is 72.1 cm³/mol. The van der Waals surface area contributed by atoms with Crippen molar-refractivity contribution in [3.63, 3.8) is 0 Å². The number of nitrogens with zero attached hydrogens (tertiary/aromatic N) is 3. The molecule has 19 heavy (non-hydrogen) atoms. The van der Waals surface area contributed by atoms with Crippen LogP contribution in [0.1, 0.15) is 31.3 Å². The van der Waals surface area contributed by atoms with Crippen LogP contribution in [0.2, 0.25) is 0 Å². The summed E-state index contributed by atoms with van der Waals surface area (Å²) in [5, 5.41) is 11.4. The minimum Gasteiger partial charge on any atom is -0.319 e. The molecule has 2 atom stereocenters. The second-order valence-corrected chi connectivity index (χ2v) is 4.92. The second-order valence-electron chi connectivity index (χ2n) is 4.92. The highest BCUT2D eigenvalue weighted by Gasteiger charge is 2.14. The summed E-state index contributed by atoms with van der Waals surface area (Å²) in [5.74, 6) is 0.706. The molecule has 102 valence electrons. The van der Waals surface area contributed by atoms with E-state index in [0.29, 0.717) is 0 Å². The average Bonchev–Trinajstić information content (AvgIpc) is 2.75. The summed E-state index contributed by atoms with van der Waals surface area (Å²) in [6, 6.07) is 7.05. The molecule has 0 spiro atoms. The van der Waals surface area contributed by atoms with Crippen molar-refractivity contribution in [2.75, 3.05) is 0 Å². The zero-order chi connectivity index (χ0) is 13.8. The van der Waals surface area contributed by atoms with E-state index >= 15 is 0 Å². The van der Waals surface area contributed by atoms with E-state index < -0.39 is 0 Å². The molecule has 1 aromatic carbocycles. The number of halogens is 1. The van der Waals surface area contributed by atoms with Crippen LogP contribution in [0.5, 0.6) is 0 Å². The van der Waals surface area contributed by atoms with Crippen molar-refractivity contribution in [1.29, 1.82) is 0 Å².